The van der Waals surface area contributed by atoms with Gasteiger partial charge < -0.3 is 10.1 Å². The van der Waals surface area contributed by atoms with Crippen LogP contribution in [0.3, 0.4) is 0 Å². The van der Waals surface area contributed by atoms with Crippen molar-refractivity contribution in [2.45, 2.75) is 0 Å². The quantitative estimate of drug-likeness (QED) is 0.311. The third kappa shape index (κ3) is 4.47. The number of halogens is 4. The lowest BCUT2D eigenvalue weighted by Crippen LogP contribution is -2.25. The average molecular weight is 486 g/mol. The molecule has 13 heteroatoms. The molecule has 0 saturated carbocycles. The molecule has 0 unspecified atom stereocenters. The molecule has 0 aliphatic heterocycles. The summed E-state index contributed by atoms with van der Waals surface area (Å²) in [6.07, 6.45) is 0. The highest BCUT2D eigenvalue weighted by Crippen LogP contribution is 2.36. The number of thiazole rings is 1. The van der Waals surface area contributed by atoms with E-state index in [0.29, 0.717) is 0 Å². The SMILES string of the molecule is [2H]C([2H])([2H])ONC(=O)c1sc(C#N)nc1C(=O)Nc1c(F)c(F)c(-c2cccc(OC([2H])([2H])[2H])c2)c(F)c1F. The van der Waals surface area contributed by atoms with Crippen molar-refractivity contribution >= 4 is 28.8 Å². The molecule has 1 aromatic heterocycles. The predicted molar refractivity (Wildman–Crippen MR) is 108 cm³/mol. The molecule has 0 atom stereocenters. The normalized spacial score (nSPS) is 13.9. The number of nitrogens with zero attached hydrogens (tertiary/aromatic N) is 2. The fraction of sp³-hybridized carbons (Fsp3) is 0.100. The van der Waals surface area contributed by atoms with Crippen LogP contribution in [0.5, 0.6) is 5.75 Å². The molecule has 8 nitrogen and oxygen atoms in total. The first-order chi connectivity index (χ1) is 18.0. The minimum Gasteiger partial charge on any atom is -0.497 e. The summed E-state index contributed by atoms with van der Waals surface area (Å²) < 4.78 is 106. The van der Waals surface area contributed by atoms with E-state index in [2.05, 4.69) is 14.6 Å². The van der Waals surface area contributed by atoms with Gasteiger partial charge in [0.1, 0.15) is 22.4 Å². The van der Waals surface area contributed by atoms with E-state index in [1.165, 1.54) is 16.9 Å². The second kappa shape index (κ2) is 9.63. The fourth-order valence-electron chi connectivity index (χ4n) is 2.65. The predicted octanol–water partition coefficient (Wildman–Crippen LogP) is 3.79. The smallest absolute Gasteiger partial charge is 0.287 e. The third-order valence-electron chi connectivity index (χ3n) is 4.03. The summed E-state index contributed by atoms with van der Waals surface area (Å²) in [6.45, 7) is 0. The Morgan fingerprint density at radius 1 is 1.12 bits per heavy atom. The van der Waals surface area contributed by atoms with Gasteiger partial charge in [0.2, 0.25) is 0 Å². The Labute approximate surface area is 195 Å². The highest BCUT2D eigenvalue weighted by atomic mass is 32.1. The molecule has 170 valence electrons. The number of methoxy groups -OCH3 is 1. The van der Waals surface area contributed by atoms with Crippen molar-refractivity contribution in [3.8, 4) is 22.9 Å². The minimum absolute atomic E-state index is 0.280. The number of hydrogen-bond acceptors (Lipinski definition) is 7. The van der Waals surface area contributed by atoms with Crippen LogP contribution >= 0.6 is 11.3 Å². The molecule has 0 saturated heterocycles. The van der Waals surface area contributed by atoms with Crippen LogP contribution in [0.1, 0.15) is 33.4 Å². The van der Waals surface area contributed by atoms with Gasteiger partial charge in [0, 0.05) is 0 Å². The van der Waals surface area contributed by atoms with Crippen LogP contribution in [0, 0.1) is 34.6 Å². The number of hydroxylamine groups is 1. The second-order valence-electron chi connectivity index (χ2n) is 5.93. The zero-order valence-corrected chi connectivity index (χ0v) is 16.6. The van der Waals surface area contributed by atoms with Crippen molar-refractivity contribution in [1.29, 1.82) is 5.26 Å². The van der Waals surface area contributed by atoms with Crippen LogP contribution in [0.2, 0.25) is 0 Å². The highest BCUT2D eigenvalue weighted by Gasteiger charge is 2.30. The number of anilines is 1. The van der Waals surface area contributed by atoms with Gasteiger partial charge in [-0.05, 0) is 17.7 Å². The number of carbonyl (C=O) groups excluding carboxylic acids is 2. The van der Waals surface area contributed by atoms with Crippen molar-refractivity contribution in [2.75, 3.05) is 19.4 Å². The molecular formula is C20H12F4N4O4S. The molecule has 3 rings (SSSR count). The van der Waals surface area contributed by atoms with Gasteiger partial charge in [-0.2, -0.15) is 5.26 Å². The number of benzene rings is 2. The molecule has 0 spiro atoms. The lowest BCUT2D eigenvalue weighted by molar-refractivity contribution is 0.0539. The van der Waals surface area contributed by atoms with Crippen LogP contribution in [0.4, 0.5) is 23.2 Å². The van der Waals surface area contributed by atoms with Gasteiger partial charge in [0.05, 0.1) is 27.9 Å². The van der Waals surface area contributed by atoms with Crippen LogP contribution in [-0.2, 0) is 4.84 Å². The van der Waals surface area contributed by atoms with Crippen molar-refractivity contribution in [2.24, 2.45) is 0 Å². The summed E-state index contributed by atoms with van der Waals surface area (Å²) in [6, 6.07) is 5.55. The molecule has 0 fully saturated rings. The fourth-order valence-corrected chi connectivity index (χ4v) is 3.40. The van der Waals surface area contributed by atoms with Crippen LogP contribution < -0.4 is 15.5 Å². The molecular weight excluding hydrogens is 468 g/mol. The van der Waals surface area contributed by atoms with Gasteiger partial charge in [0.25, 0.3) is 11.8 Å². The van der Waals surface area contributed by atoms with Gasteiger partial charge in [0.15, 0.2) is 34.0 Å². The third-order valence-corrected chi connectivity index (χ3v) is 4.99. The first-order valence-corrected chi connectivity index (χ1v) is 9.20. The first kappa shape index (κ1) is 16.6. The van der Waals surface area contributed by atoms with Crippen molar-refractivity contribution in [3.63, 3.8) is 0 Å². The molecule has 0 bridgehead atoms. The Morgan fingerprint density at radius 3 is 2.48 bits per heavy atom. The monoisotopic (exact) mass is 486 g/mol. The first-order valence-electron chi connectivity index (χ1n) is 11.4. The number of nitrogens with one attached hydrogen (secondary N) is 2. The highest BCUT2D eigenvalue weighted by molar-refractivity contribution is 7.14. The van der Waals surface area contributed by atoms with E-state index >= 15 is 0 Å². The Morgan fingerprint density at radius 2 is 1.85 bits per heavy atom. The largest absolute Gasteiger partial charge is 0.497 e. The lowest BCUT2D eigenvalue weighted by Gasteiger charge is -2.13. The Hall–Kier alpha value is -4.02. The van der Waals surface area contributed by atoms with Crippen LogP contribution in [0.25, 0.3) is 11.1 Å². The van der Waals surface area contributed by atoms with E-state index in [9.17, 15) is 27.2 Å². The lowest BCUT2D eigenvalue weighted by atomic mass is 10.0. The summed E-state index contributed by atoms with van der Waals surface area (Å²) in [5.74, 6) is -11.5. The molecule has 0 radical (unpaired) electrons. The molecule has 33 heavy (non-hydrogen) atoms. The number of ether oxygens (including phenoxy) is 1. The Bertz CT molecular complexity index is 1480. The van der Waals surface area contributed by atoms with Gasteiger partial charge in [-0.3, -0.25) is 14.4 Å². The van der Waals surface area contributed by atoms with Crippen LogP contribution in [0.15, 0.2) is 24.3 Å². The van der Waals surface area contributed by atoms with E-state index in [0.717, 1.165) is 24.3 Å². The van der Waals surface area contributed by atoms with Gasteiger partial charge >= 0.3 is 0 Å². The van der Waals surface area contributed by atoms with Gasteiger partial charge in [-0.25, -0.2) is 28.0 Å². The maximum Gasteiger partial charge on any atom is 0.287 e. The van der Waals surface area contributed by atoms with Gasteiger partial charge in [-0.1, -0.05) is 23.5 Å². The summed E-state index contributed by atoms with van der Waals surface area (Å²) in [5.41, 5.74) is -2.83. The maximum atomic E-state index is 14.9. The standard InChI is InChI=1S/C20H12F4N4O4S/c1-31-9-5-3-4-8(6-9)11-12(21)14(23)16(15(24)13(11)22)27-19(29)17-18(20(30)28-32-2)33-10(7-25)26-17/h3-6H,1-2H3,(H,27,29)(H,28,30)/i1D3,2D3. The number of amides is 2. The number of hydrogen-bond donors (Lipinski definition) is 2. The summed E-state index contributed by atoms with van der Waals surface area (Å²) in [7, 11) is -6.03. The second-order valence-corrected chi connectivity index (χ2v) is 6.93. The zero-order valence-electron chi connectivity index (χ0n) is 21.8. The van der Waals surface area contributed by atoms with E-state index in [1.807, 2.05) is 0 Å². The number of carbonyl (C=O) groups is 2. The summed E-state index contributed by atoms with van der Waals surface area (Å²) >= 11 is 0.280. The molecule has 2 amide bonds. The number of aromatic nitrogens is 1. The average Bonchev–Trinajstić information content (AvgIpc) is 3.28. The molecule has 1 heterocycles. The number of rotatable bonds is 6. The number of nitriles is 1. The molecule has 0 aliphatic rings. The Balaban J connectivity index is 1.99. The van der Waals surface area contributed by atoms with E-state index in [4.69, 9.17) is 13.5 Å². The van der Waals surface area contributed by atoms with Crippen molar-refractivity contribution in [3.05, 3.63) is 63.1 Å². The van der Waals surface area contributed by atoms with Crippen molar-refractivity contribution < 1.29 is 44.9 Å². The minimum atomic E-state index is -3.09. The summed E-state index contributed by atoms with van der Waals surface area (Å²) in [4.78, 5) is 31.8. The van der Waals surface area contributed by atoms with Gasteiger partial charge in [-0.15, -0.1) is 0 Å². The molecule has 3 aromatic rings. The topological polar surface area (TPSA) is 113 Å². The zero-order chi connectivity index (χ0) is 29.3. The molecule has 2 aromatic carbocycles. The van der Waals surface area contributed by atoms with Crippen LogP contribution in [-0.4, -0.2) is 30.9 Å². The van der Waals surface area contributed by atoms with E-state index < -0.39 is 87.3 Å². The van der Waals surface area contributed by atoms with Crippen molar-refractivity contribution in [1.82, 2.24) is 10.5 Å². The molecule has 2 N–H and O–H groups in total. The van der Waals surface area contributed by atoms with E-state index in [1.54, 1.807) is 0 Å². The molecule has 0 aliphatic carbocycles. The maximum absolute atomic E-state index is 14.9. The summed E-state index contributed by atoms with van der Waals surface area (Å²) in [5, 5.41) is 10.1. The Kier molecular flexibility index (Phi) is 4.84. The van der Waals surface area contributed by atoms with E-state index in [-0.39, 0.29) is 11.3 Å².